The molecule has 1 N–H and O–H groups in total. The number of fused-ring (bicyclic) bond motifs is 1. The number of hydrogen-bond acceptors (Lipinski definition) is 6. The molecule has 1 aromatic heterocycles. The van der Waals surface area contributed by atoms with E-state index in [1.165, 1.54) is 11.8 Å². The summed E-state index contributed by atoms with van der Waals surface area (Å²) >= 11 is 7.50. The van der Waals surface area contributed by atoms with Gasteiger partial charge in [-0.15, -0.1) is 0 Å². The molecule has 7 nitrogen and oxygen atoms in total. The Balaban J connectivity index is 1.40. The van der Waals surface area contributed by atoms with Gasteiger partial charge in [-0.05, 0) is 56.7 Å². The fourth-order valence-electron chi connectivity index (χ4n) is 4.38. The van der Waals surface area contributed by atoms with Crippen LogP contribution in [0.4, 0.5) is 5.69 Å². The molecule has 178 valence electrons. The SMILES string of the molecule is Cc1ccc(NC(=O)CSc2nc(=O)n(CCCN3CCOCC3)c3c2CCCC3)cc1Cl. The van der Waals surface area contributed by atoms with Crippen molar-refractivity contribution in [2.75, 3.05) is 43.9 Å². The monoisotopic (exact) mass is 490 g/mol. The summed E-state index contributed by atoms with van der Waals surface area (Å²) in [6.07, 6.45) is 4.89. The second-order valence-corrected chi connectivity index (χ2v) is 9.96. The summed E-state index contributed by atoms with van der Waals surface area (Å²) in [7, 11) is 0. The number of ether oxygens (including phenoxy) is 1. The zero-order valence-electron chi connectivity index (χ0n) is 19.1. The van der Waals surface area contributed by atoms with Crippen molar-refractivity contribution in [3.05, 3.63) is 50.5 Å². The van der Waals surface area contributed by atoms with E-state index in [0.717, 1.165) is 81.8 Å². The Bertz CT molecular complexity index is 1050. The molecule has 0 atom stereocenters. The van der Waals surface area contributed by atoms with Crippen LogP contribution in [0.3, 0.4) is 0 Å². The molecule has 2 heterocycles. The number of thioether (sulfide) groups is 1. The normalized spacial score (nSPS) is 16.4. The van der Waals surface area contributed by atoms with E-state index >= 15 is 0 Å². The molecular weight excluding hydrogens is 460 g/mol. The highest BCUT2D eigenvalue weighted by molar-refractivity contribution is 8.00. The fraction of sp³-hybridized carbons (Fsp3) is 0.542. The molecule has 1 aliphatic heterocycles. The number of rotatable bonds is 8. The first-order valence-corrected chi connectivity index (χ1v) is 13.0. The van der Waals surface area contributed by atoms with E-state index < -0.39 is 0 Å². The second kappa shape index (κ2) is 11.5. The highest BCUT2D eigenvalue weighted by atomic mass is 35.5. The van der Waals surface area contributed by atoms with Crippen LogP contribution in [0.25, 0.3) is 0 Å². The Morgan fingerprint density at radius 1 is 1.21 bits per heavy atom. The number of amides is 1. The second-order valence-electron chi connectivity index (χ2n) is 8.59. The molecule has 0 unspecified atom stereocenters. The summed E-state index contributed by atoms with van der Waals surface area (Å²) in [5, 5.41) is 4.20. The van der Waals surface area contributed by atoms with Crippen molar-refractivity contribution >= 4 is 35.0 Å². The summed E-state index contributed by atoms with van der Waals surface area (Å²) < 4.78 is 7.28. The number of carbonyl (C=O) groups excluding carboxylic acids is 1. The van der Waals surface area contributed by atoms with E-state index in [2.05, 4.69) is 15.2 Å². The van der Waals surface area contributed by atoms with Gasteiger partial charge in [0.05, 0.1) is 19.0 Å². The fourth-order valence-corrected chi connectivity index (χ4v) is 5.43. The van der Waals surface area contributed by atoms with Crippen molar-refractivity contribution in [1.82, 2.24) is 14.5 Å². The van der Waals surface area contributed by atoms with Gasteiger partial charge in [-0.2, -0.15) is 4.98 Å². The van der Waals surface area contributed by atoms with Gasteiger partial charge in [0.25, 0.3) is 0 Å². The topological polar surface area (TPSA) is 76.5 Å². The Morgan fingerprint density at radius 2 is 2.00 bits per heavy atom. The molecule has 4 rings (SSSR count). The lowest BCUT2D eigenvalue weighted by molar-refractivity contribution is -0.113. The van der Waals surface area contributed by atoms with Crippen LogP contribution >= 0.6 is 23.4 Å². The molecule has 1 fully saturated rings. The quantitative estimate of drug-likeness (QED) is 0.450. The summed E-state index contributed by atoms with van der Waals surface area (Å²) in [6.45, 7) is 7.05. The lowest BCUT2D eigenvalue weighted by Crippen LogP contribution is -2.38. The lowest BCUT2D eigenvalue weighted by atomic mass is 9.97. The third-order valence-corrected chi connectivity index (χ3v) is 7.63. The first-order valence-electron chi connectivity index (χ1n) is 11.6. The molecular formula is C24H31ClN4O3S. The van der Waals surface area contributed by atoms with Gasteiger partial charge in [-0.25, -0.2) is 4.79 Å². The van der Waals surface area contributed by atoms with Crippen LogP contribution in [0.15, 0.2) is 28.0 Å². The minimum atomic E-state index is -0.203. The van der Waals surface area contributed by atoms with E-state index in [9.17, 15) is 9.59 Å². The maximum Gasteiger partial charge on any atom is 0.348 e. The number of aryl methyl sites for hydroxylation is 1. The summed E-state index contributed by atoms with van der Waals surface area (Å²) in [6, 6.07) is 5.46. The van der Waals surface area contributed by atoms with Gasteiger partial charge in [0.2, 0.25) is 5.91 Å². The van der Waals surface area contributed by atoms with Crippen molar-refractivity contribution in [3.63, 3.8) is 0 Å². The Labute approximate surface area is 203 Å². The number of carbonyl (C=O) groups is 1. The third kappa shape index (κ3) is 6.38. The van der Waals surface area contributed by atoms with E-state index in [1.807, 2.05) is 23.6 Å². The number of benzene rings is 1. The standard InChI is InChI=1S/C24H31ClN4O3S/c1-17-7-8-18(15-20(17)25)26-22(30)16-33-23-19-5-2-3-6-21(19)29(24(31)27-23)10-4-9-28-11-13-32-14-12-28/h7-8,15H,2-6,9-14,16H2,1H3,(H,26,30). The van der Waals surface area contributed by atoms with Crippen LogP contribution in [-0.2, 0) is 28.9 Å². The van der Waals surface area contributed by atoms with Gasteiger partial charge in [0.15, 0.2) is 0 Å². The van der Waals surface area contributed by atoms with Gasteiger partial charge in [-0.1, -0.05) is 29.4 Å². The lowest BCUT2D eigenvalue weighted by Gasteiger charge is -2.27. The third-order valence-electron chi connectivity index (χ3n) is 6.21. The molecule has 0 radical (unpaired) electrons. The molecule has 1 saturated heterocycles. The number of anilines is 1. The Hall–Kier alpha value is -1.87. The van der Waals surface area contributed by atoms with Crippen molar-refractivity contribution in [2.45, 2.75) is 50.6 Å². The predicted molar refractivity (Wildman–Crippen MR) is 133 cm³/mol. The molecule has 2 aliphatic rings. The minimum absolute atomic E-state index is 0.138. The number of nitrogens with one attached hydrogen (secondary N) is 1. The molecule has 33 heavy (non-hydrogen) atoms. The largest absolute Gasteiger partial charge is 0.379 e. The van der Waals surface area contributed by atoms with E-state index in [0.29, 0.717) is 22.3 Å². The van der Waals surface area contributed by atoms with Crippen molar-refractivity contribution in [3.8, 4) is 0 Å². The maximum atomic E-state index is 12.9. The first-order chi connectivity index (χ1) is 16.0. The molecule has 0 spiro atoms. The van der Waals surface area contributed by atoms with Gasteiger partial charge in [0.1, 0.15) is 5.03 Å². The average Bonchev–Trinajstić information content (AvgIpc) is 2.82. The Morgan fingerprint density at radius 3 is 2.79 bits per heavy atom. The molecule has 2 aromatic rings. The molecule has 1 amide bonds. The van der Waals surface area contributed by atoms with Crippen LogP contribution in [0.2, 0.25) is 5.02 Å². The Kier molecular flexibility index (Phi) is 8.46. The summed E-state index contributed by atoms with van der Waals surface area (Å²) in [5.74, 6) is 0.0618. The van der Waals surface area contributed by atoms with Gasteiger partial charge >= 0.3 is 5.69 Å². The summed E-state index contributed by atoms with van der Waals surface area (Å²) in [5.41, 5.74) is 3.68. The van der Waals surface area contributed by atoms with Crippen molar-refractivity contribution < 1.29 is 9.53 Å². The molecule has 9 heteroatoms. The van der Waals surface area contributed by atoms with Crippen LogP contribution in [-0.4, -0.2) is 59.0 Å². The maximum absolute atomic E-state index is 12.9. The summed E-state index contributed by atoms with van der Waals surface area (Å²) in [4.78, 5) is 32.2. The van der Waals surface area contributed by atoms with Crippen LogP contribution in [0.1, 0.15) is 36.1 Å². The van der Waals surface area contributed by atoms with Crippen LogP contribution in [0.5, 0.6) is 0 Å². The van der Waals surface area contributed by atoms with Crippen LogP contribution in [0, 0.1) is 6.92 Å². The smallest absolute Gasteiger partial charge is 0.348 e. The number of aromatic nitrogens is 2. The van der Waals surface area contributed by atoms with E-state index in [1.54, 1.807) is 6.07 Å². The molecule has 0 saturated carbocycles. The zero-order valence-corrected chi connectivity index (χ0v) is 20.6. The highest BCUT2D eigenvalue weighted by Crippen LogP contribution is 2.29. The minimum Gasteiger partial charge on any atom is -0.379 e. The highest BCUT2D eigenvalue weighted by Gasteiger charge is 2.21. The van der Waals surface area contributed by atoms with E-state index in [4.69, 9.17) is 16.3 Å². The number of nitrogens with zero attached hydrogens (tertiary/aromatic N) is 3. The van der Waals surface area contributed by atoms with Crippen molar-refractivity contribution in [1.29, 1.82) is 0 Å². The number of halogens is 1. The average molecular weight is 491 g/mol. The molecule has 0 bridgehead atoms. The van der Waals surface area contributed by atoms with Gasteiger partial charge < -0.3 is 10.1 Å². The van der Waals surface area contributed by atoms with Gasteiger partial charge in [0, 0.05) is 48.1 Å². The predicted octanol–water partition coefficient (Wildman–Crippen LogP) is 3.54. The van der Waals surface area contributed by atoms with Crippen molar-refractivity contribution in [2.24, 2.45) is 0 Å². The molecule has 1 aromatic carbocycles. The number of hydrogen-bond donors (Lipinski definition) is 1. The van der Waals surface area contributed by atoms with Gasteiger partial charge in [-0.3, -0.25) is 14.3 Å². The van der Waals surface area contributed by atoms with Crippen LogP contribution < -0.4 is 11.0 Å². The van der Waals surface area contributed by atoms with E-state index in [-0.39, 0.29) is 17.3 Å². The number of morpholine rings is 1. The first kappa shape index (κ1) is 24.3. The molecule has 1 aliphatic carbocycles. The zero-order chi connectivity index (χ0) is 23.2.